The summed E-state index contributed by atoms with van der Waals surface area (Å²) in [7, 11) is 3.49. The monoisotopic (exact) mass is 289 g/mol. The van der Waals surface area contributed by atoms with E-state index in [9.17, 15) is 4.79 Å². The van der Waals surface area contributed by atoms with Crippen LogP contribution in [-0.2, 0) is 0 Å². The summed E-state index contributed by atoms with van der Waals surface area (Å²) in [5.74, 6) is -0.0208. The predicted molar refractivity (Wildman–Crippen MR) is 88.6 cm³/mol. The van der Waals surface area contributed by atoms with E-state index in [0.29, 0.717) is 16.7 Å². The highest BCUT2D eigenvalue weighted by Gasteiger charge is 2.26. The molecular weight excluding hydrogens is 262 g/mol. The van der Waals surface area contributed by atoms with Crippen molar-refractivity contribution in [1.82, 2.24) is 4.90 Å². The minimum atomic E-state index is -0.0208. The maximum absolute atomic E-state index is 11.9. The first kappa shape index (κ1) is 15.7. The molecule has 1 saturated carbocycles. The fraction of sp³-hybridized carbons (Fsp3) is 0.588. The van der Waals surface area contributed by atoms with Crippen LogP contribution in [0.3, 0.4) is 0 Å². The fourth-order valence-corrected chi connectivity index (χ4v) is 3.01. The number of anilines is 2. The Balaban J connectivity index is 2.02. The Kier molecular flexibility index (Phi) is 4.76. The third kappa shape index (κ3) is 3.90. The van der Waals surface area contributed by atoms with E-state index in [2.05, 4.69) is 12.2 Å². The van der Waals surface area contributed by atoms with Gasteiger partial charge in [-0.2, -0.15) is 0 Å². The van der Waals surface area contributed by atoms with E-state index >= 15 is 0 Å². The van der Waals surface area contributed by atoms with Crippen molar-refractivity contribution in [3.05, 3.63) is 23.8 Å². The summed E-state index contributed by atoms with van der Waals surface area (Å²) in [4.78, 5) is 13.5. The molecule has 116 valence electrons. The summed E-state index contributed by atoms with van der Waals surface area (Å²) in [5, 5.41) is 3.47. The first-order valence-electron chi connectivity index (χ1n) is 7.76. The molecule has 1 fully saturated rings. The van der Waals surface area contributed by atoms with E-state index in [1.165, 1.54) is 32.1 Å². The number of hydrogen-bond acceptors (Lipinski definition) is 3. The molecule has 2 rings (SSSR count). The fourth-order valence-electron chi connectivity index (χ4n) is 3.01. The van der Waals surface area contributed by atoms with Crippen LogP contribution in [0.1, 0.15) is 49.4 Å². The van der Waals surface area contributed by atoms with Gasteiger partial charge >= 0.3 is 0 Å². The number of amides is 1. The summed E-state index contributed by atoms with van der Waals surface area (Å²) in [6, 6.07) is 5.51. The summed E-state index contributed by atoms with van der Waals surface area (Å²) in [6.07, 6.45) is 6.56. The van der Waals surface area contributed by atoms with Gasteiger partial charge in [0.05, 0.1) is 11.4 Å². The lowest BCUT2D eigenvalue weighted by molar-refractivity contribution is 0.0827. The molecule has 0 spiro atoms. The topological polar surface area (TPSA) is 58.4 Å². The number of nitrogens with one attached hydrogen (secondary N) is 1. The minimum absolute atomic E-state index is 0.0208. The van der Waals surface area contributed by atoms with Crippen LogP contribution in [0.2, 0.25) is 0 Å². The molecule has 0 aliphatic heterocycles. The SMILES string of the molecule is CN(C)C(=O)c1ccc(NCC2(C)CCCCC2)c(N)c1. The molecule has 1 aromatic carbocycles. The summed E-state index contributed by atoms with van der Waals surface area (Å²) < 4.78 is 0. The Morgan fingerprint density at radius 2 is 1.95 bits per heavy atom. The van der Waals surface area contributed by atoms with Gasteiger partial charge in [-0.3, -0.25) is 4.79 Å². The lowest BCUT2D eigenvalue weighted by atomic mass is 9.76. The van der Waals surface area contributed by atoms with Gasteiger partial charge in [0.15, 0.2) is 0 Å². The van der Waals surface area contributed by atoms with Crippen LogP contribution in [-0.4, -0.2) is 31.4 Å². The third-order valence-corrected chi connectivity index (χ3v) is 4.47. The van der Waals surface area contributed by atoms with E-state index in [0.717, 1.165) is 12.2 Å². The molecule has 1 aliphatic carbocycles. The molecule has 1 aliphatic rings. The van der Waals surface area contributed by atoms with Gasteiger partial charge in [-0.1, -0.05) is 26.2 Å². The van der Waals surface area contributed by atoms with Crippen molar-refractivity contribution in [2.75, 3.05) is 31.7 Å². The Morgan fingerprint density at radius 3 is 2.52 bits per heavy atom. The van der Waals surface area contributed by atoms with E-state index in [4.69, 9.17) is 5.73 Å². The summed E-state index contributed by atoms with van der Waals surface area (Å²) >= 11 is 0. The molecule has 4 nitrogen and oxygen atoms in total. The average molecular weight is 289 g/mol. The normalized spacial score (nSPS) is 17.3. The van der Waals surface area contributed by atoms with Crippen LogP contribution >= 0.6 is 0 Å². The standard InChI is InChI=1S/C17H27N3O/c1-17(9-5-4-6-10-17)12-19-15-8-7-13(11-14(15)18)16(21)20(2)3/h7-8,11,19H,4-6,9-10,12,18H2,1-3H3. The Labute approximate surface area is 127 Å². The molecule has 21 heavy (non-hydrogen) atoms. The highest BCUT2D eigenvalue weighted by molar-refractivity contribution is 5.95. The van der Waals surface area contributed by atoms with Crippen LogP contribution in [0, 0.1) is 5.41 Å². The molecule has 1 aromatic rings. The lowest BCUT2D eigenvalue weighted by Crippen LogP contribution is -2.29. The van der Waals surface area contributed by atoms with Crippen molar-refractivity contribution in [1.29, 1.82) is 0 Å². The molecular formula is C17H27N3O. The number of carbonyl (C=O) groups is 1. The minimum Gasteiger partial charge on any atom is -0.397 e. The summed E-state index contributed by atoms with van der Waals surface area (Å²) in [6.45, 7) is 3.29. The average Bonchev–Trinajstić information content (AvgIpc) is 2.46. The van der Waals surface area contributed by atoms with Crippen molar-refractivity contribution in [2.24, 2.45) is 5.41 Å². The van der Waals surface area contributed by atoms with Gasteiger partial charge in [-0.05, 0) is 36.5 Å². The molecule has 0 heterocycles. The zero-order valence-corrected chi connectivity index (χ0v) is 13.4. The second-order valence-corrected chi connectivity index (χ2v) is 6.73. The Bertz CT molecular complexity index is 505. The van der Waals surface area contributed by atoms with Gasteiger partial charge < -0.3 is 16.0 Å². The number of benzene rings is 1. The van der Waals surface area contributed by atoms with Gasteiger partial charge in [0.1, 0.15) is 0 Å². The molecule has 3 N–H and O–H groups in total. The highest BCUT2D eigenvalue weighted by atomic mass is 16.2. The quantitative estimate of drug-likeness (QED) is 0.836. The van der Waals surface area contributed by atoms with Crippen molar-refractivity contribution < 1.29 is 4.79 Å². The Morgan fingerprint density at radius 1 is 1.29 bits per heavy atom. The first-order chi connectivity index (χ1) is 9.91. The Hall–Kier alpha value is -1.71. The molecule has 0 aromatic heterocycles. The molecule has 0 atom stereocenters. The smallest absolute Gasteiger partial charge is 0.253 e. The number of nitrogens with two attached hydrogens (primary N) is 1. The van der Waals surface area contributed by atoms with E-state index in [1.807, 2.05) is 12.1 Å². The van der Waals surface area contributed by atoms with Gasteiger partial charge in [0.25, 0.3) is 5.91 Å². The van der Waals surface area contributed by atoms with Crippen LogP contribution in [0.5, 0.6) is 0 Å². The molecule has 0 saturated heterocycles. The van der Waals surface area contributed by atoms with Crippen LogP contribution in [0.15, 0.2) is 18.2 Å². The van der Waals surface area contributed by atoms with Gasteiger partial charge in [-0.15, -0.1) is 0 Å². The largest absolute Gasteiger partial charge is 0.397 e. The van der Waals surface area contributed by atoms with Crippen LogP contribution < -0.4 is 11.1 Å². The second-order valence-electron chi connectivity index (χ2n) is 6.73. The van der Waals surface area contributed by atoms with Gasteiger partial charge in [0.2, 0.25) is 0 Å². The molecule has 0 radical (unpaired) electrons. The van der Waals surface area contributed by atoms with Crippen LogP contribution in [0.4, 0.5) is 11.4 Å². The first-order valence-corrected chi connectivity index (χ1v) is 7.76. The molecule has 0 unspecified atom stereocenters. The molecule has 4 heteroatoms. The number of hydrogen-bond donors (Lipinski definition) is 2. The van der Waals surface area contributed by atoms with Crippen molar-refractivity contribution in [2.45, 2.75) is 39.0 Å². The zero-order chi connectivity index (χ0) is 15.5. The second kappa shape index (κ2) is 6.37. The number of carbonyl (C=O) groups excluding carboxylic acids is 1. The molecule has 1 amide bonds. The molecule has 0 bridgehead atoms. The van der Waals surface area contributed by atoms with E-state index in [1.54, 1.807) is 25.1 Å². The van der Waals surface area contributed by atoms with E-state index in [-0.39, 0.29) is 5.91 Å². The lowest BCUT2D eigenvalue weighted by Gasteiger charge is -2.34. The third-order valence-electron chi connectivity index (χ3n) is 4.47. The number of nitrogens with zero attached hydrogens (tertiary/aromatic N) is 1. The van der Waals surface area contributed by atoms with E-state index < -0.39 is 0 Å². The number of nitrogen functional groups attached to an aromatic ring is 1. The van der Waals surface area contributed by atoms with Gasteiger partial charge in [0, 0.05) is 26.2 Å². The van der Waals surface area contributed by atoms with Crippen LogP contribution in [0.25, 0.3) is 0 Å². The highest BCUT2D eigenvalue weighted by Crippen LogP contribution is 2.36. The van der Waals surface area contributed by atoms with Crippen molar-refractivity contribution in [3.8, 4) is 0 Å². The summed E-state index contributed by atoms with van der Waals surface area (Å²) in [5.41, 5.74) is 8.65. The van der Waals surface area contributed by atoms with Crippen molar-refractivity contribution >= 4 is 17.3 Å². The maximum Gasteiger partial charge on any atom is 0.253 e. The maximum atomic E-state index is 11.9. The predicted octanol–water partition coefficient (Wildman–Crippen LogP) is 3.35. The van der Waals surface area contributed by atoms with Crippen molar-refractivity contribution in [3.63, 3.8) is 0 Å². The number of rotatable bonds is 4. The zero-order valence-electron chi connectivity index (χ0n) is 13.4. The van der Waals surface area contributed by atoms with Gasteiger partial charge in [-0.25, -0.2) is 0 Å².